The van der Waals surface area contributed by atoms with Gasteiger partial charge in [-0.1, -0.05) is 6.42 Å². The summed E-state index contributed by atoms with van der Waals surface area (Å²) >= 11 is 0. The molecule has 1 aliphatic rings. The van der Waals surface area contributed by atoms with Gasteiger partial charge < -0.3 is 14.8 Å². The summed E-state index contributed by atoms with van der Waals surface area (Å²) in [4.78, 5) is 23.7. The Morgan fingerprint density at radius 1 is 1.24 bits per heavy atom. The summed E-state index contributed by atoms with van der Waals surface area (Å²) < 4.78 is 10.5. The molecule has 5 heteroatoms. The zero-order chi connectivity index (χ0) is 15.9. The second-order valence-corrected chi connectivity index (χ2v) is 6.63. The zero-order valence-corrected chi connectivity index (χ0v) is 13.8. The van der Waals surface area contributed by atoms with E-state index in [0.717, 1.165) is 32.2 Å². The molecule has 0 bridgehead atoms. The third kappa shape index (κ3) is 6.04. The fourth-order valence-electron chi connectivity index (χ4n) is 2.60. The number of ether oxygens (including phenoxy) is 2. The number of unbranched alkanes of at least 4 members (excludes halogenated alkanes) is 1. The molecule has 1 aliphatic heterocycles. The Hall–Kier alpha value is -1.10. The summed E-state index contributed by atoms with van der Waals surface area (Å²) in [5.74, 6) is -0.327. The Morgan fingerprint density at radius 2 is 1.95 bits per heavy atom. The molecule has 0 saturated carbocycles. The second kappa shape index (κ2) is 7.78. The van der Waals surface area contributed by atoms with Crippen LogP contribution in [0.25, 0.3) is 0 Å². The number of rotatable bonds is 7. The standard InChI is InChI=1S/C16H29NO4/c1-5-20-13(18)9-6-7-10-16(11-8-12-17-16)14(19)21-15(2,3)4/h17H,5-12H2,1-4H3/t16-/m0/s1. The summed E-state index contributed by atoms with van der Waals surface area (Å²) in [7, 11) is 0. The fourth-order valence-corrected chi connectivity index (χ4v) is 2.60. The van der Waals surface area contributed by atoms with Gasteiger partial charge in [0.05, 0.1) is 6.61 Å². The van der Waals surface area contributed by atoms with E-state index in [1.54, 1.807) is 6.92 Å². The van der Waals surface area contributed by atoms with E-state index in [1.165, 1.54) is 0 Å². The molecule has 0 aromatic heterocycles. The average Bonchev–Trinajstić information content (AvgIpc) is 2.83. The second-order valence-electron chi connectivity index (χ2n) is 6.63. The highest BCUT2D eigenvalue weighted by atomic mass is 16.6. The van der Waals surface area contributed by atoms with Gasteiger partial charge in [0.15, 0.2) is 0 Å². The minimum Gasteiger partial charge on any atom is -0.466 e. The molecule has 0 amide bonds. The SMILES string of the molecule is CCOC(=O)CCCC[C@@]1(C(=O)OC(C)(C)C)CCCN1. The number of carbonyl (C=O) groups is 2. The molecule has 0 aromatic carbocycles. The van der Waals surface area contributed by atoms with Crippen molar-refractivity contribution in [2.75, 3.05) is 13.2 Å². The highest BCUT2D eigenvalue weighted by molar-refractivity contribution is 5.81. The summed E-state index contributed by atoms with van der Waals surface area (Å²) in [5, 5.41) is 3.32. The van der Waals surface area contributed by atoms with Crippen molar-refractivity contribution in [3.05, 3.63) is 0 Å². The number of nitrogens with one attached hydrogen (secondary N) is 1. The summed E-state index contributed by atoms with van der Waals surface area (Å²) in [5.41, 5.74) is -1.04. The first kappa shape index (κ1) is 18.0. The van der Waals surface area contributed by atoms with Crippen molar-refractivity contribution < 1.29 is 19.1 Å². The molecule has 0 unspecified atom stereocenters. The summed E-state index contributed by atoms with van der Waals surface area (Å²) in [6.45, 7) is 8.72. The lowest BCUT2D eigenvalue weighted by molar-refractivity contribution is -0.163. The fraction of sp³-hybridized carbons (Fsp3) is 0.875. The maximum absolute atomic E-state index is 12.4. The smallest absolute Gasteiger partial charge is 0.326 e. The van der Waals surface area contributed by atoms with Crippen molar-refractivity contribution in [1.29, 1.82) is 0 Å². The van der Waals surface area contributed by atoms with E-state index < -0.39 is 11.1 Å². The molecule has 5 nitrogen and oxygen atoms in total. The third-order valence-corrected chi connectivity index (χ3v) is 3.57. The monoisotopic (exact) mass is 299 g/mol. The van der Waals surface area contributed by atoms with E-state index in [1.807, 2.05) is 20.8 Å². The lowest BCUT2D eigenvalue weighted by Crippen LogP contribution is -2.50. The topological polar surface area (TPSA) is 64.6 Å². The molecule has 0 aromatic rings. The number of carbonyl (C=O) groups excluding carboxylic acids is 2. The van der Waals surface area contributed by atoms with Gasteiger partial charge in [0.25, 0.3) is 0 Å². The van der Waals surface area contributed by atoms with Crippen LogP contribution < -0.4 is 5.32 Å². The van der Waals surface area contributed by atoms with Crippen LogP contribution in [-0.4, -0.2) is 36.2 Å². The highest BCUT2D eigenvalue weighted by Gasteiger charge is 2.43. The van der Waals surface area contributed by atoms with Crippen molar-refractivity contribution in [2.24, 2.45) is 0 Å². The van der Waals surface area contributed by atoms with Crippen molar-refractivity contribution in [3.63, 3.8) is 0 Å². The van der Waals surface area contributed by atoms with E-state index in [2.05, 4.69) is 5.32 Å². The third-order valence-electron chi connectivity index (χ3n) is 3.57. The van der Waals surface area contributed by atoms with Gasteiger partial charge in [-0.3, -0.25) is 9.59 Å². The van der Waals surface area contributed by atoms with Gasteiger partial charge in [-0.05, 0) is 59.9 Å². The van der Waals surface area contributed by atoms with Crippen molar-refractivity contribution in [1.82, 2.24) is 5.32 Å². The van der Waals surface area contributed by atoms with Crippen molar-refractivity contribution >= 4 is 11.9 Å². The van der Waals surface area contributed by atoms with Crippen molar-refractivity contribution in [3.8, 4) is 0 Å². The van der Waals surface area contributed by atoms with Crippen LogP contribution in [-0.2, 0) is 19.1 Å². The van der Waals surface area contributed by atoms with Crippen LogP contribution in [0.4, 0.5) is 0 Å². The van der Waals surface area contributed by atoms with Gasteiger partial charge >= 0.3 is 11.9 Å². The van der Waals surface area contributed by atoms with E-state index >= 15 is 0 Å². The first-order valence-electron chi connectivity index (χ1n) is 7.93. The quantitative estimate of drug-likeness (QED) is 0.578. The molecule has 1 N–H and O–H groups in total. The minimum atomic E-state index is -0.568. The van der Waals surface area contributed by atoms with Gasteiger partial charge in [0, 0.05) is 6.42 Å². The molecule has 0 radical (unpaired) electrons. The first-order chi connectivity index (χ1) is 9.79. The maximum Gasteiger partial charge on any atom is 0.326 e. The lowest BCUT2D eigenvalue weighted by atomic mass is 9.90. The molecule has 1 heterocycles. The van der Waals surface area contributed by atoms with Crippen LogP contribution in [0, 0.1) is 0 Å². The van der Waals surface area contributed by atoms with Crippen LogP contribution in [0.2, 0.25) is 0 Å². The van der Waals surface area contributed by atoms with Gasteiger partial charge in [-0.25, -0.2) is 0 Å². The summed E-state index contributed by atoms with van der Waals surface area (Å²) in [6, 6.07) is 0. The minimum absolute atomic E-state index is 0.163. The lowest BCUT2D eigenvalue weighted by Gasteiger charge is -2.31. The Bertz CT molecular complexity index is 354. The molecule has 21 heavy (non-hydrogen) atoms. The average molecular weight is 299 g/mol. The maximum atomic E-state index is 12.4. The first-order valence-corrected chi connectivity index (χ1v) is 7.93. The Balaban J connectivity index is 2.46. The molecule has 122 valence electrons. The Labute approximate surface area is 127 Å². The molecular weight excluding hydrogens is 270 g/mol. The molecule has 1 saturated heterocycles. The van der Waals surface area contributed by atoms with Gasteiger partial charge in [0.1, 0.15) is 11.1 Å². The van der Waals surface area contributed by atoms with Gasteiger partial charge in [-0.15, -0.1) is 0 Å². The zero-order valence-electron chi connectivity index (χ0n) is 13.8. The normalized spacial score (nSPS) is 22.1. The molecule has 1 fully saturated rings. The molecular formula is C16H29NO4. The predicted molar refractivity (Wildman–Crippen MR) is 80.9 cm³/mol. The largest absolute Gasteiger partial charge is 0.466 e. The molecule has 1 rings (SSSR count). The Morgan fingerprint density at radius 3 is 2.48 bits per heavy atom. The van der Waals surface area contributed by atoms with Crippen LogP contribution in [0.5, 0.6) is 0 Å². The number of esters is 2. The van der Waals surface area contributed by atoms with Gasteiger partial charge in [-0.2, -0.15) is 0 Å². The predicted octanol–water partition coefficient (Wildman–Crippen LogP) is 2.57. The molecule has 1 atom stereocenters. The van der Waals surface area contributed by atoms with Crippen LogP contribution in [0.15, 0.2) is 0 Å². The molecule has 0 aliphatic carbocycles. The number of hydrogen-bond donors (Lipinski definition) is 1. The summed E-state index contributed by atoms with van der Waals surface area (Å²) in [6.07, 6.45) is 4.47. The molecule has 0 spiro atoms. The van der Waals surface area contributed by atoms with E-state index in [0.29, 0.717) is 19.4 Å². The van der Waals surface area contributed by atoms with Crippen LogP contribution >= 0.6 is 0 Å². The van der Waals surface area contributed by atoms with Crippen LogP contribution in [0.3, 0.4) is 0 Å². The highest BCUT2D eigenvalue weighted by Crippen LogP contribution is 2.29. The van der Waals surface area contributed by atoms with E-state index in [-0.39, 0.29) is 11.9 Å². The van der Waals surface area contributed by atoms with Gasteiger partial charge in [0.2, 0.25) is 0 Å². The van der Waals surface area contributed by atoms with E-state index in [4.69, 9.17) is 9.47 Å². The van der Waals surface area contributed by atoms with Crippen molar-refractivity contribution in [2.45, 2.75) is 77.4 Å². The van der Waals surface area contributed by atoms with E-state index in [9.17, 15) is 9.59 Å². The Kier molecular flexibility index (Phi) is 6.65. The number of hydrogen-bond acceptors (Lipinski definition) is 5. The van der Waals surface area contributed by atoms with Crippen LogP contribution in [0.1, 0.15) is 66.2 Å².